The Morgan fingerprint density at radius 3 is 1.78 bits per heavy atom. The number of carbonyl (C=O) groups excluding carboxylic acids is 1. The van der Waals surface area contributed by atoms with Crippen molar-refractivity contribution in [3.8, 4) is 21.8 Å². The van der Waals surface area contributed by atoms with Crippen LogP contribution in [0.4, 0.5) is 17.1 Å². The minimum Gasteiger partial charge on any atom is -0.343 e. The molecule has 0 saturated carbocycles. The molecule has 0 aliphatic rings. The number of rotatable bonds is 6. The van der Waals surface area contributed by atoms with Crippen LogP contribution in [0.25, 0.3) is 21.8 Å². The second-order valence-corrected chi connectivity index (χ2v) is 8.65. The first-order valence-corrected chi connectivity index (χ1v) is 11.3. The molecule has 0 aliphatic carbocycles. The van der Waals surface area contributed by atoms with Gasteiger partial charge in [-0.05, 0) is 66.2 Å². The first-order chi connectivity index (χ1) is 15.7. The van der Waals surface area contributed by atoms with E-state index < -0.39 is 0 Å². The highest BCUT2D eigenvalue weighted by Gasteiger charge is 2.14. The van der Waals surface area contributed by atoms with Crippen LogP contribution in [0.15, 0.2) is 109 Å². The lowest BCUT2D eigenvalue weighted by Gasteiger charge is -2.25. The summed E-state index contributed by atoms with van der Waals surface area (Å²) in [5.41, 5.74) is 6.74. The average Bonchev–Trinajstić information content (AvgIpc) is 3.47. The molecule has 3 aromatic carbocycles. The third-order valence-corrected chi connectivity index (χ3v) is 6.60. The summed E-state index contributed by atoms with van der Waals surface area (Å²) < 4.78 is 2.18. The van der Waals surface area contributed by atoms with Crippen molar-refractivity contribution in [2.75, 3.05) is 4.90 Å². The summed E-state index contributed by atoms with van der Waals surface area (Å²) in [4.78, 5) is 15.1. The van der Waals surface area contributed by atoms with Gasteiger partial charge in [0.15, 0.2) is 6.29 Å². The molecule has 5 aromatic rings. The van der Waals surface area contributed by atoms with Crippen LogP contribution in [0.1, 0.15) is 9.67 Å². The summed E-state index contributed by atoms with van der Waals surface area (Å²) in [5.74, 6) is 0. The number of nitrogens with zero attached hydrogens (tertiary/aromatic N) is 2. The minimum atomic E-state index is 0.744. The van der Waals surface area contributed by atoms with Crippen molar-refractivity contribution in [1.29, 1.82) is 0 Å². The lowest BCUT2D eigenvalue weighted by Crippen LogP contribution is -2.09. The van der Waals surface area contributed by atoms with Crippen LogP contribution >= 0.6 is 11.3 Å². The Balaban J connectivity index is 1.50. The molecule has 0 spiro atoms. The average molecular weight is 435 g/mol. The smallest absolute Gasteiger partial charge is 0.160 e. The predicted molar refractivity (Wildman–Crippen MR) is 134 cm³/mol. The van der Waals surface area contributed by atoms with Gasteiger partial charge < -0.3 is 9.47 Å². The van der Waals surface area contributed by atoms with E-state index >= 15 is 0 Å². The van der Waals surface area contributed by atoms with Gasteiger partial charge in [-0.1, -0.05) is 48.5 Å². The molecule has 0 unspecified atom stereocenters. The highest BCUT2D eigenvalue weighted by atomic mass is 32.1. The zero-order valence-electron chi connectivity index (χ0n) is 17.7. The van der Waals surface area contributed by atoms with E-state index in [0.29, 0.717) is 0 Å². The molecule has 0 radical (unpaired) electrons. The Morgan fingerprint density at radius 2 is 1.22 bits per heavy atom. The molecule has 2 heterocycles. The third kappa shape index (κ3) is 3.77. The van der Waals surface area contributed by atoms with Crippen molar-refractivity contribution in [3.63, 3.8) is 0 Å². The Bertz CT molecular complexity index is 1300. The van der Waals surface area contributed by atoms with Crippen LogP contribution in [-0.2, 0) is 7.05 Å². The van der Waals surface area contributed by atoms with Crippen LogP contribution < -0.4 is 4.90 Å². The van der Waals surface area contributed by atoms with Crippen LogP contribution in [0.2, 0.25) is 0 Å². The monoisotopic (exact) mass is 434 g/mol. The molecule has 0 aliphatic heterocycles. The van der Waals surface area contributed by atoms with Crippen molar-refractivity contribution in [3.05, 3.63) is 114 Å². The fraction of sp³-hybridized carbons (Fsp3) is 0.0357. The van der Waals surface area contributed by atoms with E-state index in [2.05, 4.69) is 101 Å². The number of benzene rings is 3. The van der Waals surface area contributed by atoms with Crippen LogP contribution in [0.5, 0.6) is 0 Å². The number of carbonyl (C=O) groups is 1. The molecule has 0 N–H and O–H groups in total. The third-order valence-electron chi connectivity index (χ3n) is 5.57. The van der Waals surface area contributed by atoms with E-state index in [-0.39, 0.29) is 0 Å². The van der Waals surface area contributed by atoms with Gasteiger partial charge in [-0.2, -0.15) is 0 Å². The summed E-state index contributed by atoms with van der Waals surface area (Å²) in [5, 5.41) is 0. The molecule has 5 rings (SSSR count). The Morgan fingerprint density at radius 1 is 0.656 bits per heavy atom. The molecule has 0 amide bonds. The van der Waals surface area contributed by atoms with Crippen molar-refractivity contribution in [2.24, 2.45) is 7.05 Å². The summed E-state index contributed by atoms with van der Waals surface area (Å²) in [6.07, 6.45) is 0.905. The van der Waals surface area contributed by atoms with E-state index in [1.807, 2.05) is 24.3 Å². The maximum absolute atomic E-state index is 11.1. The quantitative estimate of drug-likeness (QED) is 0.256. The number of para-hydroxylation sites is 2. The number of aldehydes is 1. The topological polar surface area (TPSA) is 25.2 Å². The number of hydrogen-bond acceptors (Lipinski definition) is 3. The maximum atomic E-state index is 11.1. The highest BCUT2D eigenvalue weighted by Crippen LogP contribution is 2.36. The van der Waals surface area contributed by atoms with Gasteiger partial charge in [0.25, 0.3) is 0 Å². The Kier molecular flexibility index (Phi) is 5.44. The number of anilines is 3. The fourth-order valence-corrected chi connectivity index (χ4v) is 4.87. The largest absolute Gasteiger partial charge is 0.343 e. The molecular weight excluding hydrogens is 412 g/mol. The second kappa shape index (κ2) is 8.69. The summed E-state index contributed by atoms with van der Waals surface area (Å²) in [7, 11) is 2.07. The highest BCUT2D eigenvalue weighted by molar-refractivity contribution is 7.17. The lowest BCUT2D eigenvalue weighted by atomic mass is 10.1. The summed E-state index contributed by atoms with van der Waals surface area (Å²) >= 11 is 1.51. The first kappa shape index (κ1) is 20.0. The van der Waals surface area contributed by atoms with Gasteiger partial charge in [-0.15, -0.1) is 11.3 Å². The van der Waals surface area contributed by atoms with Crippen LogP contribution in [0, 0.1) is 0 Å². The van der Waals surface area contributed by atoms with Gasteiger partial charge >= 0.3 is 0 Å². The van der Waals surface area contributed by atoms with Gasteiger partial charge in [0.1, 0.15) is 0 Å². The number of hydrogen-bond donors (Lipinski definition) is 0. The van der Waals surface area contributed by atoms with Crippen LogP contribution in [-0.4, -0.2) is 10.9 Å². The molecule has 0 atom stereocenters. The normalized spacial score (nSPS) is 10.8. The van der Waals surface area contributed by atoms with Gasteiger partial charge in [-0.3, -0.25) is 4.79 Å². The molecule has 2 aromatic heterocycles. The standard InChI is InChI=1S/C28H22N2OS/c1-29-26(17-18-27(29)28-19-16-25(20-31)32-28)21-12-14-24(15-13-21)30(22-8-4-2-5-9-22)23-10-6-3-7-11-23/h2-20H,1H3. The molecule has 0 fully saturated rings. The molecule has 0 bridgehead atoms. The number of thiophene rings is 1. The predicted octanol–water partition coefficient (Wildman–Crippen LogP) is 7.70. The Hall–Kier alpha value is -3.89. The molecule has 32 heavy (non-hydrogen) atoms. The van der Waals surface area contributed by atoms with Gasteiger partial charge in [-0.25, -0.2) is 0 Å². The lowest BCUT2D eigenvalue weighted by molar-refractivity contribution is 0.112. The molecule has 156 valence electrons. The van der Waals surface area contributed by atoms with E-state index in [1.165, 1.54) is 11.3 Å². The summed E-state index contributed by atoms with van der Waals surface area (Å²) in [6.45, 7) is 0. The molecule has 0 saturated heterocycles. The van der Waals surface area contributed by atoms with Crippen LogP contribution in [0.3, 0.4) is 0 Å². The number of aromatic nitrogens is 1. The molecule has 4 heteroatoms. The van der Waals surface area contributed by atoms with Gasteiger partial charge in [0.2, 0.25) is 0 Å². The van der Waals surface area contributed by atoms with E-state index in [0.717, 1.165) is 50.1 Å². The van der Waals surface area contributed by atoms with Crippen molar-refractivity contribution in [2.45, 2.75) is 0 Å². The SMILES string of the molecule is Cn1c(-c2ccc(N(c3ccccc3)c3ccccc3)cc2)ccc1-c1ccc(C=O)s1. The van der Waals surface area contributed by atoms with E-state index in [1.54, 1.807) is 0 Å². The molecule has 3 nitrogen and oxygen atoms in total. The first-order valence-electron chi connectivity index (χ1n) is 10.5. The molecular formula is C28H22N2OS. The van der Waals surface area contributed by atoms with Crippen molar-refractivity contribution < 1.29 is 4.79 Å². The van der Waals surface area contributed by atoms with Gasteiger partial charge in [0, 0.05) is 29.8 Å². The Labute approximate surface area is 191 Å². The van der Waals surface area contributed by atoms with Crippen molar-refractivity contribution in [1.82, 2.24) is 4.57 Å². The van der Waals surface area contributed by atoms with E-state index in [4.69, 9.17) is 0 Å². The summed E-state index contributed by atoms with van der Waals surface area (Å²) in [6, 6.07) is 37.6. The zero-order chi connectivity index (χ0) is 21.9. The maximum Gasteiger partial charge on any atom is 0.160 e. The van der Waals surface area contributed by atoms with Crippen molar-refractivity contribution >= 4 is 34.7 Å². The zero-order valence-corrected chi connectivity index (χ0v) is 18.5. The van der Waals surface area contributed by atoms with E-state index in [9.17, 15) is 4.79 Å². The minimum absolute atomic E-state index is 0.744. The fourth-order valence-electron chi connectivity index (χ4n) is 3.98. The second-order valence-electron chi connectivity index (χ2n) is 7.54. The van der Waals surface area contributed by atoms with Gasteiger partial charge in [0.05, 0.1) is 15.4 Å².